The molecule has 2 atom stereocenters. The lowest BCUT2D eigenvalue weighted by molar-refractivity contribution is 0.537. The van der Waals surface area contributed by atoms with Gasteiger partial charge in [-0.1, -0.05) is 35.9 Å². The summed E-state index contributed by atoms with van der Waals surface area (Å²) in [6, 6.07) is 9.32. The molecular weight excluding hydrogens is 170 g/mol. The van der Waals surface area contributed by atoms with Crippen LogP contribution in [0.25, 0.3) is 0 Å². The third kappa shape index (κ3) is 3.00. The summed E-state index contributed by atoms with van der Waals surface area (Å²) in [7, 11) is 0. The monoisotopic (exact) mass is 189 g/mol. The molecule has 0 saturated heterocycles. The normalized spacial score (nSPS) is 14.8. The molecule has 1 nitrogen and oxygen atoms in total. The summed E-state index contributed by atoms with van der Waals surface area (Å²) in [5.41, 5.74) is 2.64. The van der Waals surface area contributed by atoms with Gasteiger partial charge in [-0.3, -0.25) is 0 Å². The van der Waals surface area contributed by atoms with E-state index in [1.165, 1.54) is 11.1 Å². The van der Waals surface area contributed by atoms with Gasteiger partial charge in [-0.05, 0) is 26.3 Å². The fourth-order valence-corrected chi connectivity index (χ4v) is 1.50. The lowest BCUT2D eigenvalue weighted by atomic mass is 10.1. The van der Waals surface area contributed by atoms with Crippen LogP contribution in [0.5, 0.6) is 0 Å². The molecule has 0 amide bonds. The van der Waals surface area contributed by atoms with Gasteiger partial charge in [0.25, 0.3) is 0 Å². The molecule has 0 radical (unpaired) electrons. The average molecular weight is 189 g/mol. The van der Waals surface area contributed by atoms with Crippen molar-refractivity contribution >= 4 is 0 Å². The molecule has 76 valence electrons. The Hall–Kier alpha value is -1.08. The fraction of sp³-hybridized carbons (Fsp3) is 0.385. The quantitative estimate of drug-likeness (QED) is 0.717. The van der Waals surface area contributed by atoms with Gasteiger partial charge in [-0.2, -0.15) is 0 Å². The predicted octanol–water partition coefficient (Wildman–Crippen LogP) is 3.22. The molecule has 1 heteroatoms. The molecule has 0 heterocycles. The molecule has 1 aromatic carbocycles. The van der Waals surface area contributed by atoms with Crippen LogP contribution in [0, 0.1) is 6.92 Å². The number of hydrogen-bond donors (Lipinski definition) is 1. The van der Waals surface area contributed by atoms with Gasteiger partial charge in [0.1, 0.15) is 0 Å². The van der Waals surface area contributed by atoms with Crippen molar-refractivity contribution in [2.24, 2.45) is 0 Å². The molecule has 0 saturated carbocycles. The van der Waals surface area contributed by atoms with Crippen LogP contribution < -0.4 is 5.32 Å². The number of nitrogens with one attached hydrogen (secondary N) is 1. The van der Waals surface area contributed by atoms with Crippen molar-refractivity contribution in [3.05, 3.63) is 48.0 Å². The Bertz CT molecular complexity index is 304. The largest absolute Gasteiger partial charge is 0.304 e. The first-order valence-corrected chi connectivity index (χ1v) is 5.08. The minimum atomic E-state index is 0.352. The molecule has 0 aliphatic carbocycles. The Morgan fingerprint density at radius 3 is 2.64 bits per heavy atom. The van der Waals surface area contributed by atoms with E-state index in [1.54, 1.807) is 0 Å². The topological polar surface area (TPSA) is 12.0 Å². The average Bonchev–Trinajstić information content (AvgIpc) is 2.17. The van der Waals surface area contributed by atoms with Crippen molar-refractivity contribution in [1.29, 1.82) is 0 Å². The smallest absolute Gasteiger partial charge is 0.0297 e. The summed E-state index contributed by atoms with van der Waals surface area (Å²) in [5.74, 6) is 0. The zero-order valence-corrected chi connectivity index (χ0v) is 9.25. The Morgan fingerprint density at radius 2 is 2.07 bits per heavy atom. The second-order valence-corrected chi connectivity index (χ2v) is 3.83. The third-order valence-corrected chi connectivity index (χ3v) is 2.41. The summed E-state index contributed by atoms with van der Waals surface area (Å²) in [6.45, 7) is 10.2. The van der Waals surface area contributed by atoms with E-state index in [-0.39, 0.29) is 0 Å². The summed E-state index contributed by atoms with van der Waals surface area (Å²) in [5, 5.41) is 3.45. The summed E-state index contributed by atoms with van der Waals surface area (Å²) in [4.78, 5) is 0. The van der Waals surface area contributed by atoms with Gasteiger partial charge >= 0.3 is 0 Å². The summed E-state index contributed by atoms with van der Waals surface area (Å²) in [6.07, 6.45) is 1.92. The van der Waals surface area contributed by atoms with Crippen LogP contribution in [0.2, 0.25) is 0 Å². The van der Waals surface area contributed by atoms with E-state index in [4.69, 9.17) is 0 Å². The Labute approximate surface area is 86.8 Å². The maximum Gasteiger partial charge on any atom is 0.0297 e. The van der Waals surface area contributed by atoms with E-state index in [2.05, 4.69) is 56.9 Å². The van der Waals surface area contributed by atoms with Crippen molar-refractivity contribution in [3.63, 3.8) is 0 Å². The minimum absolute atomic E-state index is 0.352. The van der Waals surface area contributed by atoms with Crippen LogP contribution in [0.15, 0.2) is 36.9 Å². The number of hydrogen-bond acceptors (Lipinski definition) is 1. The maximum absolute atomic E-state index is 3.76. The van der Waals surface area contributed by atoms with Gasteiger partial charge in [0.2, 0.25) is 0 Å². The molecule has 0 fully saturated rings. The lowest BCUT2D eigenvalue weighted by Crippen LogP contribution is -2.26. The standard InChI is InChI=1S/C13H19N/c1-5-11(3)14-12(4)13-8-6-7-10(2)9-13/h5-9,11-12,14H,1H2,2-4H3. The van der Waals surface area contributed by atoms with Gasteiger partial charge in [-0.25, -0.2) is 0 Å². The maximum atomic E-state index is 3.76. The van der Waals surface area contributed by atoms with E-state index in [0.717, 1.165) is 0 Å². The van der Waals surface area contributed by atoms with Crippen LogP contribution in [0.3, 0.4) is 0 Å². The van der Waals surface area contributed by atoms with Crippen LogP contribution >= 0.6 is 0 Å². The Kier molecular flexibility index (Phi) is 3.90. The van der Waals surface area contributed by atoms with E-state index in [1.807, 2.05) is 6.08 Å². The van der Waals surface area contributed by atoms with E-state index < -0.39 is 0 Å². The first kappa shape index (κ1) is 11.0. The fourth-order valence-electron chi connectivity index (χ4n) is 1.50. The van der Waals surface area contributed by atoms with Crippen LogP contribution in [0.1, 0.15) is 31.0 Å². The highest BCUT2D eigenvalue weighted by molar-refractivity contribution is 5.24. The molecular formula is C13H19N. The van der Waals surface area contributed by atoms with Crippen molar-refractivity contribution in [2.75, 3.05) is 0 Å². The highest BCUT2D eigenvalue weighted by Crippen LogP contribution is 2.14. The van der Waals surface area contributed by atoms with Gasteiger partial charge in [-0.15, -0.1) is 6.58 Å². The molecule has 14 heavy (non-hydrogen) atoms. The number of benzene rings is 1. The Balaban J connectivity index is 2.69. The van der Waals surface area contributed by atoms with Crippen molar-refractivity contribution in [2.45, 2.75) is 32.9 Å². The van der Waals surface area contributed by atoms with E-state index in [0.29, 0.717) is 12.1 Å². The zero-order valence-electron chi connectivity index (χ0n) is 9.25. The molecule has 0 aromatic heterocycles. The molecule has 1 rings (SSSR count). The molecule has 2 unspecified atom stereocenters. The predicted molar refractivity (Wildman–Crippen MR) is 62.4 cm³/mol. The summed E-state index contributed by atoms with van der Waals surface area (Å²) >= 11 is 0. The lowest BCUT2D eigenvalue weighted by Gasteiger charge is -2.18. The molecule has 0 aliphatic heterocycles. The van der Waals surface area contributed by atoms with Crippen LogP contribution in [-0.2, 0) is 0 Å². The second-order valence-electron chi connectivity index (χ2n) is 3.83. The molecule has 0 bridgehead atoms. The molecule has 0 aliphatic rings. The summed E-state index contributed by atoms with van der Waals surface area (Å²) < 4.78 is 0. The van der Waals surface area contributed by atoms with E-state index in [9.17, 15) is 0 Å². The highest BCUT2D eigenvalue weighted by Gasteiger charge is 2.06. The van der Waals surface area contributed by atoms with Crippen molar-refractivity contribution < 1.29 is 0 Å². The van der Waals surface area contributed by atoms with Gasteiger partial charge < -0.3 is 5.32 Å². The number of rotatable bonds is 4. The van der Waals surface area contributed by atoms with Gasteiger partial charge in [0.15, 0.2) is 0 Å². The first-order valence-electron chi connectivity index (χ1n) is 5.08. The van der Waals surface area contributed by atoms with Crippen LogP contribution in [-0.4, -0.2) is 6.04 Å². The molecule has 0 spiro atoms. The van der Waals surface area contributed by atoms with Gasteiger partial charge in [0, 0.05) is 12.1 Å². The van der Waals surface area contributed by atoms with Gasteiger partial charge in [0.05, 0.1) is 0 Å². The Morgan fingerprint density at radius 1 is 1.36 bits per heavy atom. The van der Waals surface area contributed by atoms with E-state index >= 15 is 0 Å². The highest BCUT2D eigenvalue weighted by atomic mass is 14.9. The minimum Gasteiger partial charge on any atom is -0.304 e. The first-order chi connectivity index (χ1) is 6.63. The van der Waals surface area contributed by atoms with Crippen molar-refractivity contribution in [3.8, 4) is 0 Å². The molecule has 1 aromatic rings. The number of aryl methyl sites for hydroxylation is 1. The zero-order chi connectivity index (χ0) is 10.6. The second kappa shape index (κ2) is 4.97. The van der Waals surface area contributed by atoms with Crippen molar-refractivity contribution in [1.82, 2.24) is 5.32 Å². The SMILES string of the molecule is C=CC(C)NC(C)c1cccc(C)c1. The van der Waals surface area contributed by atoms with Crippen LogP contribution in [0.4, 0.5) is 0 Å². The third-order valence-electron chi connectivity index (χ3n) is 2.41. The molecule has 1 N–H and O–H groups in total.